The standard InChI is InChI=1S/C12H20N2O2/c15-11-6-5-9-14(11)10-12(16)13-7-3-1-2-4-8-13/h1-10H2. The van der Waals surface area contributed by atoms with E-state index in [1.807, 2.05) is 4.90 Å². The smallest absolute Gasteiger partial charge is 0.242 e. The van der Waals surface area contributed by atoms with E-state index in [-0.39, 0.29) is 11.8 Å². The van der Waals surface area contributed by atoms with E-state index in [0.717, 1.165) is 38.9 Å². The number of rotatable bonds is 2. The molecule has 4 heteroatoms. The average Bonchev–Trinajstić information content (AvgIpc) is 2.57. The van der Waals surface area contributed by atoms with Crippen LogP contribution in [0.15, 0.2) is 0 Å². The Kier molecular flexibility index (Phi) is 3.80. The molecule has 0 aromatic heterocycles. The third-order valence-electron chi connectivity index (χ3n) is 3.46. The lowest BCUT2D eigenvalue weighted by molar-refractivity contribution is -0.138. The van der Waals surface area contributed by atoms with Crippen molar-refractivity contribution < 1.29 is 9.59 Å². The van der Waals surface area contributed by atoms with Crippen molar-refractivity contribution in [3.05, 3.63) is 0 Å². The zero-order chi connectivity index (χ0) is 11.4. The van der Waals surface area contributed by atoms with Gasteiger partial charge in [0.15, 0.2) is 0 Å². The number of carbonyl (C=O) groups excluding carboxylic acids is 2. The molecule has 2 fully saturated rings. The highest BCUT2D eigenvalue weighted by molar-refractivity contribution is 5.85. The molecule has 0 spiro atoms. The van der Waals surface area contributed by atoms with Crippen LogP contribution in [0.4, 0.5) is 0 Å². The predicted octanol–water partition coefficient (Wildman–Crippen LogP) is 1.01. The van der Waals surface area contributed by atoms with Crippen molar-refractivity contribution in [2.24, 2.45) is 0 Å². The van der Waals surface area contributed by atoms with Crippen LogP contribution in [0.5, 0.6) is 0 Å². The second-order valence-electron chi connectivity index (χ2n) is 4.71. The quantitative estimate of drug-likeness (QED) is 0.702. The summed E-state index contributed by atoms with van der Waals surface area (Å²) in [5, 5.41) is 0. The van der Waals surface area contributed by atoms with Crippen LogP contribution >= 0.6 is 0 Å². The molecule has 0 radical (unpaired) electrons. The Bertz CT molecular complexity index is 270. The highest BCUT2D eigenvalue weighted by Crippen LogP contribution is 2.13. The summed E-state index contributed by atoms with van der Waals surface area (Å²) in [5.74, 6) is 0.278. The Balaban J connectivity index is 1.84. The predicted molar refractivity (Wildman–Crippen MR) is 60.9 cm³/mol. The van der Waals surface area contributed by atoms with Crippen LogP contribution in [0.1, 0.15) is 38.5 Å². The summed E-state index contributed by atoms with van der Waals surface area (Å²) < 4.78 is 0. The van der Waals surface area contributed by atoms with E-state index in [0.29, 0.717) is 13.0 Å². The molecule has 90 valence electrons. The molecule has 2 aliphatic rings. The van der Waals surface area contributed by atoms with E-state index in [1.165, 1.54) is 12.8 Å². The highest BCUT2D eigenvalue weighted by Gasteiger charge is 2.24. The SMILES string of the molecule is O=C(CN1CCCC1=O)N1CCCCCC1. The van der Waals surface area contributed by atoms with Crippen LogP contribution in [-0.4, -0.2) is 47.8 Å². The number of hydrogen-bond acceptors (Lipinski definition) is 2. The summed E-state index contributed by atoms with van der Waals surface area (Å²) in [6, 6.07) is 0. The zero-order valence-corrected chi connectivity index (χ0v) is 9.78. The minimum Gasteiger partial charge on any atom is -0.341 e. The van der Waals surface area contributed by atoms with E-state index >= 15 is 0 Å². The largest absolute Gasteiger partial charge is 0.341 e. The van der Waals surface area contributed by atoms with Crippen LogP contribution < -0.4 is 0 Å². The number of amides is 2. The molecule has 0 aromatic carbocycles. The van der Waals surface area contributed by atoms with Gasteiger partial charge in [-0.15, -0.1) is 0 Å². The molecule has 0 atom stereocenters. The van der Waals surface area contributed by atoms with Crippen LogP contribution in [0.25, 0.3) is 0 Å². The van der Waals surface area contributed by atoms with Crippen molar-refractivity contribution >= 4 is 11.8 Å². The van der Waals surface area contributed by atoms with Gasteiger partial charge in [0.05, 0.1) is 6.54 Å². The van der Waals surface area contributed by atoms with Gasteiger partial charge in [0.2, 0.25) is 11.8 Å². The van der Waals surface area contributed by atoms with Gasteiger partial charge < -0.3 is 9.80 Å². The van der Waals surface area contributed by atoms with Crippen molar-refractivity contribution in [3.63, 3.8) is 0 Å². The maximum atomic E-state index is 12.0. The van der Waals surface area contributed by atoms with Crippen molar-refractivity contribution in [3.8, 4) is 0 Å². The summed E-state index contributed by atoms with van der Waals surface area (Å²) in [6.45, 7) is 2.82. The summed E-state index contributed by atoms with van der Waals surface area (Å²) in [7, 11) is 0. The van der Waals surface area contributed by atoms with Gasteiger partial charge in [0.1, 0.15) is 0 Å². The Labute approximate surface area is 96.6 Å². The Morgan fingerprint density at radius 3 is 2.25 bits per heavy atom. The van der Waals surface area contributed by atoms with Gasteiger partial charge >= 0.3 is 0 Å². The first-order chi connectivity index (χ1) is 7.77. The van der Waals surface area contributed by atoms with Gasteiger partial charge in [0.25, 0.3) is 0 Å². The number of carbonyl (C=O) groups is 2. The number of likely N-dealkylation sites (tertiary alicyclic amines) is 2. The monoisotopic (exact) mass is 224 g/mol. The molecule has 2 saturated heterocycles. The molecular weight excluding hydrogens is 204 g/mol. The Hall–Kier alpha value is -1.06. The first kappa shape index (κ1) is 11.4. The maximum absolute atomic E-state index is 12.0. The number of nitrogens with zero attached hydrogens (tertiary/aromatic N) is 2. The molecule has 0 aromatic rings. The molecule has 2 rings (SSSR count). The highest BCUT2D eigenvalue weighted by atomic mass is 16.2. The Morgan fingerprint density at radius 1 is 1.00 bits per heavy atom. The minimum atomic E-state index is 0.136. The topological polar surface area (TPSA) is 40.6 Å². The average molecular weight is 224 g/mol. The Morgan fingerprint density at radius 2 is 1.69 bits per heavy atom. The molecule has 2 aliphatic heterocycles. The second kappa shape index (κ2) is 5.32. The summed E-state index contributed by atoms with van der Waals surface area (Å²) in [5.41, 5.74) is 0. The van der Waals surface area contributed by atoms with Crippen molar-refractivity contribution in [1.82, 2.24) is 9.80 Å². The molecule has 0 N–H and O–H groups in total. The third kappa shape index (κ3) is 2.74. The molecule has 2 heterocycles. The lowest BCUT2D eigenvalue weighted by Gasteiger charge is -2.23. The normalized spacial score (nSPS) is 22.4. The second-order valence-corrected chi connectivity index (χ2v) is 4.71. The van der Waals surface area contributed by atoms with Gasteiger partial charge in [-0.1, -0.05) is 12.8 Å². The van der Waals surface area contributed by atoms with Gasteiger partial charge in [-0.25, -0.2) is 0 Å². The molecule has 0 aliphatic carbocycles. The fraction of sp³-hybridized carbons (Fsp3) is 0.833. The van der Waals surface area contributed by atoms with Gasteiger partial charge in [-0.2, -0.15) is 0 Å². The maximum Gasteiger partial charge on any atom is 0.242 e. The van der Waals surface area contributed by atoms with E-state index in [1.54, 1.807) is 4.90 Å². The molecule has 0 saturated carbocycles. The fourth-order valence-corrected chi connectivity index (χ4v) is 2.45. The molecular formula is C12H20N2O2. The minimum absolute atomic E-state index is 0.136. The fourth-order valence-electron chi connectivity index (χ4n) is 2.45. The van der Waals surface area contributed by atoms with E-state index in [2.05, 4.69) is 0 Å². The van der Waals surface area contributed by atoms with Gasteiger partial charge in [-0.05, 0) is 19.3 Å². The third-order valence-corrected chi connectivity index (χ3v) is 3.46. The van der Waals surface area contributed by atoms with Crippen LogP contribution in [0.3, 0.4) is 0 Å². The molecule has 16 heavy (non-hydrogen) atoms. The van der Waals surface area contributed by atoms with Crippen molar-refractivity contribution in [2.45, 2.75) is 38.5 Å². The van der Waals surface area contributed by atoms with Crippen LogP contribution in [-0.2, 0) is 9.59 Å². The zero-order valence-electron chi connectivity index (χ0n) is 9.78. The molecule has 0 unspecified atom stereocenters. The van der Waals surface area contributed by atoms with Crippen LogP contribution in [0, 0.1) is 0 Å². The van der Waals surface area contributed by atoms with E-state index in [9.17, 15) is 9.59 Å². The molecule has 0 bridgehead atoms. The lowest BCUT2D eigenvalue weighted by Crippen LogP contribution is -2.41. The summed E-state index contributed by atoms with van der Waals surface area (Å²) in [4.78, 5) is 27.0. The van der Waals surface area contributed by atoms with Crippen LogP contribution in [0.2, 0.25) is 0 Å². The molecule has 4 nitrogen and oxygen atoms in total. The summed E-state index contributed by atoms with van der Waals surface area (Å²) in [6.07, 6.45) is 6.21. The van der Waals surface area contributed by atoms with E-state index < -0.39 is 0 Å². The van der Waals surface area contributed by atoms with Gasteiger partial charge in [-0.3, -0.25) is 9.59 Å². The van der Waals surface area contributed by atoms with Crippen molar-refractivity contribution in [2.75, 3.05) is 26.2 Å². The number of hydrogen-bond donors (Lipinski definition) is 0. The van der Waals surface area contributed by atoms with Crippen molar-refractivity contribution in [1.29, 1.82) is 0 Å². The van der Waals surface area contributed by atoms with E-state index in [4.69, 9.17) is 0 Å². The summed E-state index contributed by atoms with van der Waals surface area (Å²) >= 11 is 0. The molecule has 2 amide bonds. The first-order valence-electron chi connectivity index (χ1n) is 6.33. The first-order valence-corrected chi connectivity index (χ1v) is 6.33. The van der Waals surface area contributed by atoms with Gasteiger partial charge in [0, 0.05) is 26.1 Å². The lowest BCUT2D eigenvalue weighted by atomic mass is 10.2.